The van der Waals surface area contributed by atoms with Crippen LogP contribution in [0.4, 0.5) is 0 Å². The van der Waals surface area contributed by atoms with Crippen LogP contribution in [0, 0.1) is 11.3 Å². The zero-order valence-corrected chi connectivity index (χ0v) is 24.8. The molecule has 0 saturated heterocycles. The maximum atomic E-state index is 13.8. The molecule has 3 aromatic carbocycles. The Hall–Kier alpha value is -2.95. The summed E-state index contributed by atoms with van der Waals surface area (Å²) in [6.45, 7) is 6.69. The molecule has 0 saturated carbocycles. The fourth-order valence-electron chi connectivity index (χ4n) is 5.51. The lowest BCUT2D eigenvalue weighted by molar-refractivity contribution is -0.140. The van der Waals surface area contributed by atoms with Crippen LogP contribution in [0.15, 0.2) is 91.0 Å². The highest BCUT2D eigenvalue weighted by atomic mass is 16.3. The Kier molecular flexibility index (Phi) is 13.4. The van der Waals surface area contributed by atoms with E-state index in [9.17, 15) is 9.90 Å². The summed E-state index contributed by atoms with van der Waals surface area (Å²) in [5, 5.41) is 11.7. The number of aliphatic hydroxyl groups is 1. The molecule has 0 aliphatic carbocycles. The van der Waals surface area contributed by atoms with Crippen LogP contribution in [-0.2, 0) is 24.1 Å². The first-order valence-electron chi connectivity index (χ1n) is 15.1. The summed E-state index contributed by atoms with van der Waals surface area (Å²) in [7, 11) is 0. The number of nitrogens with one attached hydrogen (secondary N) is 1. The molecule has 0 aliphatic heterocycles. The van der Waals surface area contributed by atoms with Gasteiger partial charge in [0, 0.05) is 13.0 Å². The van der Waals surface area contributed by atoms with Gasteiger partial charge in [0.05, 0.1) is 0 Å². The Morgan fingerprint density at radius 2 is 1.32 bits per heavy atom. The van der Waals surface area contributed by atoms with Gasteiger partial charge < -0.3 is 5.11 Å². The average Bonchev–Trinajstić information content (AvgIpc) is 2.97. The summed E-state index contributed by atoms with van der Waals surface area (Å²) in [5.41, 5.74) is 6.74. The molecule has 0 spiro atoms. The van der Waals surface area contributed by atoms with E-state index in [1.165, 1.54) is 22.6 Å². The van der Waals surface area contributed by atoms with E-state index in [-0.39, 0.29) is 11.3 Å². The number of aryl methyl sites for hydroxylation is 3. The van der Waals surface area contributed by atoms with E-state index in [1.807, 2.05) is 0 Å². The van der Waals surface area contributed by atoms with Crippen molar-refractivity contribution in [2.45, 2.75) is 91.2 Å². The maximum absolute atomic E-state index is 13.8. The second-order valence-electron chi connectivity index (χ2n) is 11.4. The molecule has 215 valence electrons. The zero-order valence-electron chi connectivity index (χ0n) is 24.8. The summed E-state index contributed by atoms with van der Waals surface area (Å²) < 4.78 is 0. The number of unbranched alkanes of at least 4 members (excludes halogenated alkanes) is 1. The van der Waals surface area contributed by atoms with E-state index in [2.05, 4.69) is 110 Å². The van der Waals surface area contributed by atoms with Crippen molar-refractivity contribution in [2.24, 2.45) is 5.41 Å². The summed E-state index contributed by atoms with van der Waals surface area (Å²) in [6.07, 6.45) is 8.42. The van der Waals surface area contributed by atoms with Gasteiger partial charge in [-0.3, -0.25) is 9.80 Å². The number of nitrogens with zero attached hydrogens (tertiary/aromatic N) is 1. The predicted molar refractivity (Wildman–Crippen MR) is 166 cm³/mol. The van der Waals surface area contributed by atoms with Crippen LogP contribution < -0.4 is 5.43 Å². The molecule has 3 aromatic rings. The molecule has 40 heavy (non-hydrogen) atoms. The molecule has 1 amide bonds. The first-order chi connectivity index (χ1) is 19.4. The molecule has 2 N–H and O–H groups in total. The second-order valence-corrected chi connectivity index (χ2v) is 11.4. The van der Waals surface area contributed by atoms with Gasteiger partial charge in [0.25, 0.3) is 0 Å². The van der Waals surface area contributed by atoms with Crippen LogP contribution in [-0.4, -0.2) is 28.8 Å². The van der Waals surface area contributed by atoms with E-state index in [0.717, 1.165) is 57.8 Å². The van der Waals surface area contributed by atoms with Gasteiger partial charge in [-0.2, -0.15) is 0 Å². The molecule has 0 aliphatic rings. The van der Waals surface area contributed by atoms with Crippen LogP contribution in [0.25, 0.3) is 0 Å². The molecule has 4 nitrogen and oxygen atoms in total. The molecule has 4 heteroatoms. The quantitative estimate of drug-likeness (QED) is 0.128. The third kappa shape index (κ3) is 10.9. The summed E-state index contributed by atoms with van der Waals surface area (Å²) in [5.74, 6) is 1.54. The average molecular weight is 542 g/mol. The smallest absolute Gasteiger partial charge is 0.237 e. The van der Waals surface area contributed by atoms with Crippen LogP contribution in [0.5, 0.6) is 0 Å². The van der Waals surface area contributed by atoms with Gasteiger partial charge in [0.2, 0.25) is 5.91 Å². The standard InChI is InChI=1S/C36H49N2O2/c1-4-5-28-38(37-30(2)39)35(40)29-36(3,27-26-33-20-13-8-14-21-33)34(25-24-32-18-11-7-12-19-32)23-15-22-31-16-9-6-10-17-31/h6-14,16-21,30,37,39H,4-5,15,22-29H2,1-3H3. The molecular formula is C36H49N2O2. The van der Waals surface area contributed by atoms with Crippen molar-refractivity contribution < 1.29 is 9.90 Å². The summed E-state index contributed by atoms with van der Waals surface area (Å²) in [4.78, 5) is 13.8. The SMILES string of the molecule is CCCCN(NC(C)O)C(=O)CC(C)(CCc1ccccc1)[C](CCCc1ccccc1)CCc1ccccc1. The largest absolute Gasteiger partial charge is 0.377 e. The van der Waals surface area contributed by atoms with Gasteiger partial charge in [0.1, 0.15) is 6.23 Å². The highest BCUT2D eigenvalue weighted by Gasteiger charge is 2.37. The zero-order chi connectivity index (χ0) is 28.6. The summed E-state index contributed by atoms with van der Waals surface area (Å²) >= 11 is 0. The number of rotatable bonds is 18. The van der Waals surface area contributed by atoms with Gasteiger partial charge >= 0.3 is 0 Å². The lowest BCUT2D eigenvalue weighted by Crippen LogP contribution is -2.49. The molecular weight excluding hydrogens is 492 g/mol. The van der Waals surface area contributed by atoms with Crippen molar-refractivity contribution >= 4 is 5.91 Å². The second kappa shape index (κ2) is 17.0. The Balaban J connectivity index is 1.85. The molecule has 1 radical (unpaired) electrons. The number of benzene rings is 3. The Morgan fingerprint density at radius 3 is 1.85 bits per heavy atom. The van der Waals surface area contributed by atoms with Gasteiger partial charge in [-0.05, 0) is 86.3 Å². The molecule has 0 bridgehead atoms. The fraction of sp³-hybridized carbons (Fsp3) is 0.444. The first kappa shape index (κ1) is 31.6. The Morgan fingerprint density at radius 1 is 0.800 bits per heavy atom. The predicted octanol–water partition coefficient (Wildman–Crippen LogP) is 7.72. The van der Waals surface area contributed by atoms with Crippen LogP contribution in [0.1, 0.15) is 82.4 Å². The minimum absolute atomic E-state index is 0.0604. The van der Waals surface area contributed by atoms with Crippen molar-refractivity contribution in [3.05, 3.63) is 114 Å². The topological polar surface area (TPSA) is 52.6 Å². The van der Waals surface area contributed by atoms with Crippen molar-refractivity contribution in [1.82, 2.24) is 10.4 Å². The molecule has 3 rings (SSSR count). The van der Waals surface area contributed by atoms with E-state index in [0.29, 0.717) is 13.0 Å². The van der Waals surface area contributed by atoms with Gasteiger partial charge in [0.15, 0.2) is 0 Å². The number of carbonyl (C=O) groups is 1. The number of amides is 1. The number of hydrogen-bond donors (Lipinski definition) is 2. The molecule has 2 atom stereocenters. The third-order valence-corrected chi connectivity index (χ3v) is 7.93. The number of hydrogen-bond acceptors (Lipinski definition) is 3. The molecule has 2 unspecified atom stereocenters. The lowest BCUT2D eigenvalue weighted by atomic mass is 9.66. The van der Waals surface area contributed by atoms with Crippen LogP contribution >= 0.6 is 0 Å². The fourth-order valence-corrected chi connectivity index (χ4v) is 5.51. The first-order valence-corrected chi connectivity index (χ1v) is 15.1. The van der Waals surface area contributed by atoms with Crippen molar-refractivity contribution in [3.8, 4) is 0 Å². The minimum atomic E-state index is -0.774. The number of hydrazine groups is 1. The third-order valence-electron chi connectivity index (χ3n) is 7.93. The Bertz CT molecular complexity index is 1090. The van der Waals surface area contributed by atoms with E-state index in [4.69, 9.17) is 0 Å². The minimum Gasteiger partial charge on any atom is -0.377 e. The molecule has 0 aromatic heterocycles. The Labute approximate surface area is 242 Å². The van der Waals surface area contributed by atoms with E-state index in [1.54, 1.807) is 11.9 Å². The van der Waals surface area contributed by atoms with Crippen molar-refractivity contribution in [1.29, 1.82) is 0 Å². The van der Waals surface area contributed by atoms with Gasteiger partial charge in [-0.25, -0.2) is 5.43 Å². The normalized spacial score (nSPS) is 13.6. The van der Waals surface area contributed by atoms with Crippen LogP contribution in [0.3, 0.4) is 0 Å². The van der Waals surface area contributed by atoms with Crippen molar-refractivity contribution in [2.75, 3.05) is 6.54 Å². The molecule has 0 fully saturated rings. The molecule has 0 heterocycles. The van der Waals surface area contributed by atoms with E-state index < -0.39 is 6.23 Å². The highest BCUT2D eigenvalue weighted by Crippen LogP contribution is 2.44. The summed E-state index contributed by atoms with van der Waals surface area (Å²) in [6, 6.07) is 32.0. The highest BCUT2D eigenvalue weighted by molar-refractivity contribution is 5.76. The van der Waals surface area contributed by atoms with Crippen molar-refractivity contribution in [3.63, 3.8) is 0 Å². The lowest BCUT2D eigenvalue weighted by Gasteiger charge is -2.39. The van der Waals surface area contributed by atoms with Gasteiger partial charge in [-0.15, -0.1) is 0 Å². The van der Waals surface area contributed by atoms with Gasteiger partial charge in [-0.1, -0.05) is 111 Å². The maximum Gasteiger partial charge on any atom is 0.237 e. The monoisotopic (exact) mass is 541 g/mol. The number of aliphatic hydroxyl groups excluding tert-OH is 1. The van der Waals surface area contributed by atoms with E-state index >= 15 is 0 Å². The number of carbonyl (C=O) groups excluding carboxylic acids is 1. The van der Waals surface area contributed by atoms with Crippen LogP contribution in [0.2, 0.25) is 0 Å².